The van der Waals surface area contributed by atoms with E-state index in [0.717, 1.165) is 11.1 Å². The molecule has 1 atom stereocenters. The van der Waals surface area contributed by atoms with Crippen molar-refractivity contribution in [2.75, 3.05) is 0 Å². The van der Waals surface area contributed by atoms with Crippen LogP contribution in [-0.4, -0.2) is 28.6 Å². The van der Waals surface area contributed by atoms with E-state index in [0.29, 0.717) is 5.75 Å². The van der Waals surface area contributed by atoms with Crippen LogP contribution in [-0.2, 0) is 9.59 Å². The smallest absolute Gasteiger partial charge is 0.325 e. The number of hydrogen-bond donors (Lipinski definition) is 2. The normalized spacial score (nSPS) is 12.7. The topological polar surface area (TPSA) is 75.6 Å². The molecule has 0 saturated carbocycles. The van der Waals surface area contributed by atoms with Crippen LogP contribution in [0.25, 0.3) is 0 Å². The fourth-order valence-electron chi connectivity index (χ4n) is 1.59. The van der Waals surface area contributed by atoms with Gasteiger partial charge in [-0.3, -0.25) is 9.59 Å². The Hall–Kier alpha value is -2.04. The molecule has 0 radical (unpaired) electrons. The van der Waals surface area contributed by atoms with Gasteiger partial charge in [0.15, 0.2) is 5.60 Å². The molecule has 0 bridgehead atoms. The van der Waals surface area contributed by atoms with E-state index < -0.39 is 23.5 Å². The van der Waals surface area contributed by atoms with Gasteiger partial charge in [0.05, 0.1) is 0 Å². The highest BCUT2D eigenvalue weighted by molar-refractivity contribution is 5.88. The number of carboxylic acids is 1. The van der Waals surface area contributed by atoms with Crippen LogP contribution in [0.1, 0.15) is 31.9 Å². The number of aliphatic carboxylic acids is 1. The van der Waals surface area contributed by atoms with Crippen molar-refractivity contribution in [1.29, 1.82) is 0 Å². The Morgan fingerprint density at radius 2 is 1.90 bits per heavy atom. The van der Waals surface area contributed by atoms with E-state index in [2.05, 4.69) is 5.32 Å². The first kappa shape index (κ1) is 16.0. The number of carboxylic acid groups (broad SMARTS) is 1. The minimum atomic E-state index is -1.15. The Bertz CT molecular complexity index is 523. The quantitative estimate of drug-likeness (QED) is 0.865. The fourth-order valence-corrected chi connectivity index (χ4v) is 1.59. The zero-order valence-corrected chi connectivity index (χ0v) is 12.5. The monoisotopic (exact) mass is 279 g/mol. The third-order valence-electron chi connectivity index (χ3n) is 3.18. The van der Waals surface area contributed by atoms with Crippen LogP contribution in [0.4, 0.5) is 0 Å². The molecule has 0 fully saturated rings. The van der Waals surface area contributed by atoms with Crippen molar-refractivity contribution in [2.45, 2.75) is 46.3 Å². The lowest BCUT2D eigenvalue weighted by molar-refractivity contribution is -0.144. The molecule has 0 aliphatic rings. The number of carbonyl (C=O) groups excluding carboxylic acids is 1. The summed E-state index contributed by atoms with van der Waals surface area (Å²) in [6.07, 6.45) is 0. The van der Waals surface area contributed by atoms with Gasteiger partial charge in [-0.25, -0.2) is 0 Å². The van der Waals surface area contributed by atoms with Gasteiger partial charge in [0.1, 0.15) is 11.8 Å². The molecule has 20 heavy (non-hydrogen) atoms. The minimum Gasteiger partial charge on any atom is -0.480 e. The summed E-state index contributed by atoms with van der Waals surface area (Å²) in [6.45, 7) is 8.51. The van der Waals surface area contributed by atoms with Crippen LogP contribution in [0.3, 0.4) is 0 Å². The van der Waals surface area contributed by atoms with Gasteiger partial charge in [0.25, 0.3) is 5.91 Å². The maximum Gasteiger partial charge on any atom is 0.325 e. The maximum absolute atomic E-state index is 12.1. The molecule has 0 aliphatic carbocycles. The van der Waals surface area contributed by atoms with Gasteiger partial charge in [-0.05, 0) is 51.8 Å². The molecule has 1 amide bonds. The Labute approximate surface area is 118 Å². The molecule has 1 aromatic carbocycles. The zero-order valence-electron chi connectivity index (χ0n) is 12.5. The Morgan fingerprint density at radius 1 is 1.30 bits per heavy atom. The van der Waals surface area contributed by atoms with Crippen LogP contribution in [0.5, 0.6) is 5.75 Å². The van der Waals surface area contributed by atoms with Gasteiger partial charge in [0, 0.05) is 0 Å². The molecule has 110 valence electrons. The van der Waals surface area contributed by atoms with E-state index in [1.807, 2.05) is 26.0 Å². The third-order valence-corrected chi connectivity index (χ3v) is 3.18. The van der Waals surface area contributed by atoms with E-state index in [-0.39, 0.29) is 0 Å². The second-order valence-corrected chi connectivity index (χ2v) is 5.34. The van der Waals surface area contributed by atoms with Gasteiger partial charge in [-0.1, -0.05) is 12.1 Å². The number of carbonyl (C=O) groups is 2. The molecule has 0 saturated heterocycles. The number of rotatable bonds is 5. The average molecular weight is 279 g/mol. The van der Waals surface area contributed by atoms with Crippen LogP contribution in [0.2, 0.25) is 0 Å². The lowest BCUT2D eigenvalue weighted by Gasteiger charge is -2.27. The molecule has 2 N–H and O–H groups in total. The predicted molar refractivity (Wildman–Crippen MR) is 75.9 cm³/mol. The Balaban J connectivity index is 2.86. The van der Waals surface area contributed by atoms with E-state index in [1.54, 1.807) is 19.9 Å². The minimum absolute atomic E-state index is 0.465. The van der Waals surface area contributed by atoms with Crippen molar-refractivity contribution in [3.8, 4) is 5.75 Å². The summed E-state index contributed by atoms with van der Waals surface area (Å²) in [5.74, 6) is -0.928. The lowest BCUT2D eigenvalue weighted by atomic mass is 10.1. The molecule has 0 spiro atoms. The van der Waals surface area contributed by atoms with Gasteiger partial charge >= 0.3 is 5.97 Å². The Morgan fingerprint density at radius 3 is 2.45 bits per heavy atom. The second-order valence-electron chi connectivity index (χ2n) is 5.34. The molecule has 5 nitrogen and oxygen atoms in total. The molecule has 1 unspecified atom stereocenters. The summed E-state index contributed by atoms with van der Waals surface area (Å²) in [5, 5.41) is 11.2. The molecule has 0 aromatic heterocycles. The number of aryl methyl sites for hydroxylation is 1. The first-order valence-electron chi connectivity index (χ1n) is 6.44. The highest BCUT2D eigenvalue weighted by Gasteiger charge is 2.32. The van der Waals surface area contributed by atoms with Crippen LogP contribution >= 0.6 is 0 Å². The zero-order chi connectivity index (χ0) is 15.5. The molecule has 1 aromatic rings. The van der Waals surface area contributed by atoms with Crippen molar-refractivity contribution in [2.24, 2.45) is 0 Å². The molecule has 0 aliphatic heterocycles. The summed E-state index contributed by atoms with van der Waals surface area (Å²) in [7, 11) is 0. The van der Waals surface area contributed by atoms with Crippen LogP contribution in [0.15, 0.2) is 18.2 Å². The molecule has 5 heteroatoms. The van der Waals surface area contributed by atoms with Crippen molar-refractivity contribution in [3.05, 3.63) is 29.3 Å². The first-order chi connectivity index (χ1) is 9.15. The van der Waals surface area contributed by atoms with Crippen molar-refractivity contribution >= 4 is 11.9 Å². The summed E-state index contributed by atoms with van der Waals surface area (Å²) in [4.78, 5) is 22.8. The summed E-state index contributed by atoms with van der Waals surface area (Å²) in [5.41, 5.74) is 0.875. The Kier molecular flexibility index (Phi) is 4.76. The summed E-state index contributed by atoms with van der Waals surface area (Å²) < 4.78 is 5.75. The molecule has 0 heterocycles. The SMILES string of the molecule is Cc1cccc(OC(C)(C)C(=O)NC(C)C(=O)O)c1C. The standard InChI is InChI=1S/C15H21NO4/c1-9-7-6-8-12(10(9)2)20-15(4,5)14(19)16-11(3)13(17)18/h6-8,11H,1-5H3,(H,16,19)(H,17,18). The highest BCUT2D eigenvalue weighted by Crippen LogP contribution is 2.25. The largest absolute Gasteiger partial charge is 0.480 e. The third kappa shape index (κ3) is 3.73. The summed E-state index contributed by atoms with van der Waals surface area (Å²) >= 11 is 0. The number of ether oxygens (including phenoxy) is 1. The number of nitrogens with one attached hydrogen (secondary N) is 1. The van der Waals surface area contributed by atoms with E-state index >= 15 is 0 Å². The van der Waals surface area contributed by atoms with Crippen LogP contribution in [0, 0.1) is 13.8 Å². The van der Waals surface area contributed by atoms with E-state index in [9.17, 15) is 9.59 Å². The summed E-state index contributed by atoms with van der Waals surface area (Å²) in [6, 6.07) is 4.65. The van der Waals surface area contributed by atoms with Crippen LogP contribution < -0.4 is 10.1 Å². The van der Waals surface area contributed by atoms with E-state index in [4.69, 9.17) is 9.84 Å². The number of hydrogen-bond acceptors (Lipinski definition) is 3. The fraction of sp³-hybridized carbons (Fsp3) is 0.467. The molecular formula is C15H21NO4. The van der Waals surface area contributed by atoms with Gasteiger partial charge in [0.2, 0.25) is 0 Å². The van der Waals surface area contributed by atoms with Crippen molar-refractivity contribution in [1.82, 2.24) is 5.32 Å². The lowest BCUT2D eigenvalue weighted by Crippen LogP contribution is -2.51. The second kappa shape index (κ2) is 5.94. The van der Waals surface area contributed by atoms with Gasteiger partial charge in [-0.15, -0.1) is 0 Å². The number of benzene rings is 1. The highest BCUT2D eigenvalue weighted by atomic mass is 16.5. The average Bonchev–Trinajstić information content (AvgIpc) is 2.34. The van der Waals surface area contributed by atoms with Crippen molar-refractivity contribution < 1.29 is 19.4 Å². The molecule has 1 rings (SSSR count). The predicted octanol–water partition coefficient (Wildman–Crippen LogP) is 2.05. The van der Waals surface area contributed by atoms with E-state index in [1.165, 1.54) is 6.92 Å². The van der Waals surface area contributed by atoms with Gasteiger partial charge in [-0.2, -0.15) is 0 Å². The molecular weight excluding hydrogens is 258 g/mol. The number of amides is 1. The maximum atomic E-state index is 12.1. The van der Waals surface area contributed by atoms with Crippen molar-refractivity contribution in [3.63, 3.8) is 0 Å². The van der Waals surface area contributed by atoms with Gasteiger partial charge < -0.3 is 15.2 Å². The first-order valence-corrected chi connectivity index (χ1v) is 6.44.